The molecule has 1 fully saturated rings. The fourth-order valence-corrected chi connectivity index (χ4v) is 2.93. The first-order valence-electron chi connectivity index (χ1n) is 7.64. The van der Waals surface area contributed by atoms with Crippen LogP contribution in [0.4, 0.5) is 0 Å². The second-order valence-corrected chi connectivity index (χ2v) is 5.66. The fraction of sp³-hybridized carbons (Fsp3) is 0.412. The zero-order valence-electron chi connectivity index (χ0n) is 12.1. The zero-order chi connectivity index (χ0) is 14.5. The second-order valence-electron chi connectivity index (χ2n) is 5.66. The highest BCUT2D eigenvalue weighted by Crippen LogP contribution is 2.25. The summed E-state index contributed by atoms with van der Waals surface area (Å²) in [6, 6.07) is 6.31. The van der Waals surface area contributed by atoms with Crippen LogP contribution in [-0.2, 0) is 6.42 Å². The van der Waals surface area contributed by atoms with Gasteiger partial charge in [0.2, 0.25) is 0 Å². The summed E-state index contributed by atoms with van der Waals surface area (Å²) in [7, 11) is 0. The van der Waals surface area contributed by atoms with Gasteiger partial charge in [0.15, 0.2) is 0 Å². The lowest BCUT2D eigenvalue weighted by molar-refractivity contribution is 0.382. The highest BCUT2D eigenvalue weighted by Gasteiger charge is 2.13. The lowest BCUT2D eigenvalue weighted by Crippen LogP contribution is -2.34. The summed E-state index contributed by atoms with van der Waals surface area (Å²) < 4.78 is 0. The lowest BCUT2D eigenvalue weighted by Gasteiger charge is -2.23. The first-order chi connectivity index (χ1) is 10.3. The van der Waals surface area contributed by atoms with Gasteiger partial charge in [0, 0.05) is 24.0 Å². The topological polar surface area (TPSA) is 58.0 Å². The second kappa shape index (κ2) is 6.68. The van der Waals surface area contributed by atoms with Crippen molar-refractivity contribution in [3.63, 3.8) is 0 Å². The summed E-state index contributed by atoms with van der Waals surface area (Å²) in [6.45, 7) is 1.13. The van der Waals surface area contributed by atoms with Crippen LogP contribution in [0.5, 0.6) is 5.75 Å². The summed E-state index contributed by atoms with van der Waals surface area (Å²) in [6.07, 6.45) is 11.0. The molecule has 4 nitrogen and oxygen atoms in total. The Labute approximate surface area is 125 Å². The molecule has 0 aliphatic carbocycles. The van der Waals surface area contributed by atoms with Crippen molar-refractivity contribution in [2.45, 2.75) is 38.1 Å². The van der Waals surface area contributed by atoms with Crippen molar-refractivity contribution < 1.29 is 5.11 Å². The molecule has 2 aromatic rings. The van der Waals surface area contributed by atoms with Crippen molar-refractivity contribution in [3.05, 3.63) is 42.4 Å². The van der Waals surface area contributed by atoms with Gasteiger partial charge in [-0.1, -0.05) is 6.42 Å². The number of piperidine rings is 1. The lowest BCUT2D eigenvalue weighted by atomic mass is 9.97. The Morgan fingerprint density at radius 3 is 2.90 bits per heavy atom. The van der Waals surface area contributed by atoms with Crippen molar-refractivity contribution in [1.29, 1.82) is 0 Å². The van der Waals surface area contributed by atoms with Crippen LogP contribution < -0.4 is 5.32 Å². The SMILES string of the molecule is Oc1cc(CC[C@H]2CCCCN2)cc(-c2cnccn2)c1. The van der Waals surface area contributed by atoms with E-state index in [0.29, 0.717) is 11.8 Å². The summed E-state index contributed by atoms with van der Waals surface area (Å²) in [5.41, 5.74) is 2.88. The number of aromatic nitrogens is 2. The van der Waals surface area contributed by atoms with Crippen LogP contribution in [-0.4, -0.2) is 27.7 Å². The van der Waals surface area contributed by atoms with Gasteiger partial charge in [-0.2, -0.15) is 0 Å². The number of rotatable bonds is 4. The van der Waals surface area contributed by atoms with E-state index in [4.69, 9.17) is 0 Å². The molecular weight excluding hydrogens is 262 g/mol. The van der Waals surface area contributed by atoms with Gasteiger partial charge in [0.05, 0.1) is 11.9 Å². The molecule has 1 aromatic carbocycles. The van der Waals surface area contributed by atoms with Gasteiger partial charge < -0.3 is 10.4 Å². The van der Waals surface area contributed by atoms with E-state index in [1.54, 1.807) is 24.7 Å². The minimum atomic E-state index is 0.296. The maximum absolute atomic E-state index is 9.93. The van der Waals surface area contributed by atoms with Gasteiger partial charge in [-0.25, -0.2) is 0 Å². The molecule has 0 bridgehead atoms. The van der Waals surface area contributed by atoms with Gasteiger partial charge in [0.1, 0.15) is 5.75 Å². The quantitative estimate of drug-likeness (QED) is 0.906. The number of nitrogens with zero attached hydrogens (tertiary/aromatic N) is 2. The average molecular weight is 283 g/mol. The molecule has 1 aromatic heterocycles. The molecule has 1 aliphatic heterocycles. The normalized spacial score (nSPS) is 18.6. The van der Waals surface area contributed by atoms with Gasteiger partial charge >= 0.3 is 0 Å². The van der Waals surface area contributed by atoms with Crippen LogP contribution in [0.25, 0.3) is 11.3 Å². The van der Waals surface area contributed by atoms with Crippen molar-refractivity contribution >= 4 is 0 Å². The molecule has 0 spiro atoms. The van der Waals surface area contributed by atoms with Crippen molar-refractivity contribution in [1.82, 2.24) is 15.3 Å². The molecule has 0 saturated carbocycles. The molecule has 4 heteroatoms. The van der Waals surface area contributed by atoms with Crippen LogP contribution in [0.2, 0.25) is 0 Å². The average Bonchev–Trinajstić information content (AvgIpc) is 2.54. The third-order valence-corrected chi connectivity index (χ3v) is 4.03. The van der Waals surface area contributed by atoms with Gasteiger partial charge in [0.25, 0.3) is 0 Å². The standard InChI is InChI=1S/C17H21N3O/c21-16-10-13(4-5-15-3-1-2-6-19-15)9-14(11-16)17-12-18-7-8-20-17/h7-12,15,19,21H,1-6H2/t15-/m1/s1. The molecule has 3 rings (SSSR count). The van der Waals surface area contributed by atoms with Gasteiger partial charge in [-0.15, -0.1) is 0 Å². The molecular formula is C17H21N3O. The van der Waals surface area contributed by atoms with E-state index in [0.717, 1.165) is 36.2 Å². The number of hydrogen-bond acceptors (Lipinski definition) is 4. The van der Waals surface area contributed by atoms with Crippen LogP contribution >= 0.6 is 0 Å². The number of phenolic OH excluding ortho intramolecular Hbond substituents is 1. The van der Waals surface area contributed by atoms with Crippen LogP contribution in [0.15, 0.2) is 36.8 Å². The van der Waals surface area contributed by atoms with Crippen molar-refractivity contribution in [2.75, 3.05) is 6.54 Å². The largest absolute Gasteiger partial charge is 0.508 e. The Hall–Kier alpha value is -1.94. The van der Waals surface area contributed by atoms with Gasteiger partial charge in [-0.05, 0) is 56.0 Å². The Balaban J connectivity index is 1.72. The maximum Gasteiger partial charge on any atom is 0.116 e. The van der Waals surface area contributed by atoms with Crippen molar-refractivity contribution in [3.8, 4) is 17.0 Å². The Kier molecular flexibility index (Phi) is 4.46. The number of aromatic hydroxyl groups is 1. The summed E-state index contributed by atoms with van der Waals surface area (Å²) >= 11 is 0. The number of phenols is 1. The predicted molar refractivity (Wildman–Crippen MR) is 83.1 cm³/mol. The Morgan fingerprint density at radius 2 is 2.14 bits per heavy atom. The summed E-state index contributed by atoms with van der Waals surface area (Å²) in [5.74, 6) is 0.296. The highest BCUT2D eigenvalue weighted by atomic mass is 16.3. The third kappa shape index (κ3) is 3.79. The molecule has 2 heterocycles. The fourth-order valence-electron chi connectivity index (χ4n) is 2.93. The molecule has 0 amide bonds. The predicted octanol–water partition coefficient (Wildman–Crippen LogP) is 2.92. The van der Waals surface area contributed by atoms with Crippen molar-refractivity contribution in [2.24, 2.45) is 0 Å². The van der Waals surface area contributed by atoms with E-state index in [2.05, 4.69) is 21.4 Å². The van der Waals surface area contributed by atoms with Crippen LogP contribution in [0.1, 0.15) is 31.2 Å². The van der Waals surface area contributed by atoms with E-state index in [-0.39, 0.29) is 0 Å². The van der Waals surface area contributed by atoms with E-state index >= 15 is 0 Å². The number of aryl methyl sites for hydroxylation is 1. The molecule has 1 aliphatic rings. The van der Waals surface area contributed by atoms with E-state index in [1.807, 2.05) is 6.07 Å². The minimum absolute atomic E-state index is 0.296. The maximum atomic E-state index is 9.93. The molecule has 110 valence electrons. The highest BCUT2D eigenvalue weighted by molar-refractivity contribution is 5.61. The molecule has 1 atom stereocenters. The monoisotopic (exact) mass is 283 g/mol. The molecule has 0 radical (unpaired) electrons. The van der Waals surface area contributed by atoms with E-state index in [9.17, 15) is 5.11 Å². The third-order valence-electron chi connectivity index (χ3n) is 4.03. The first-order valence-corrected chi connectivity index (χ1v) is 7.64. The van der Waals surface area contributed by atoms with E-state index < -0.39 is 0 Å². The molecule has 0 unspecified atom stereocenters. The van der Waals surface area contributed by atoms with E-state index in [1.165, 1.54) is 19.3 Å². The summed E-state index contributed by atoms with van der Waals surface area (Å²) in [5, 5.41) is 13.5. The number of hydrogen-bond donors (Lipinski definition) is 2. The first kappa shape index (κ1) is 14.0. The number of nitrogens with one attached hydrogen (secondary N) is 1. The Morgan fingerprint density at radius 1 is 1.19 bits per heavy atom. The minimum Gasteiger partial charge on any atom is -0.508 e. The Bertz CT molecular complexity index is 580. The molecule has 21 heavy (non-hydrogen) atoms. The van der Waals surface area contributed by atoms with Crippen LogP contribution in [0, 0.1) is 0 Å². The molecule has 1 saturated heterocycles. The zero-order valence-corrected chi connectivity index (χ0v) is 12.1. The molecule has 2 N–H and O–H groups in total. The number of benzene rings is 1. The smallest absolute Gasteiger partial charge is 0.116 e. The summed E-state index contributed by atoms with van der Waals surface area (Å²) in [4.78, 5) is 8.38. The van der Waals surface area contributed by atoms with Gasteiger partial charge in [-0.3, -0.25) is 9.97 Å². The van der Waals surface area contributed by atoms with Crippen LogP contribution in [0.3, 0.4) is 0 Å².